The molecule has 0 amide bonds. The van der Waals surface area contributed by atoms with Crippen molar-refractivity contribution in [2.75, 3.05) is 4.90 Å². The van der Waals surface area contributed by atoms with Gasteiger partial charge in [-0.15, -0.1) is 11.3 Å². The molecule has 12 rings (SSSR count). The molecule has 61 heavy (non-hydrogen) atoms. The van der Waals surface area contributed by atoms with Gasteiger partial charge in [0.1, 0.15) is 0 Å². The number of nitrogens with zero attached hydrogens (tertiary/aromatic N) is 2. The van der Waals surface area contributed by atoms with E-state index in [2.05, 4.69) is 222 Å². The first kappa shape index (κ1) is 36.4. The van der Waals surface area contributed by atoms with E-state index in [1.54, 1.807) is 0 Å². The van der Waals surface area contributed by atoms with Crippen LogP contribution in [0.5, 0.6) is 0 Å². The average molecular weight is 805 g/mol. The quantitative estimate of drug-likeness (QED) is 0.172. The Labute approximate surface area is 362 Å². The summed E-state index contributed by atoms with van der Waals surface area (Å²) in [6.45, 7) is 17.2. The van der Waals surface area contributed by atoms with Gasteiger partial charge in [0.25, 0.3) is 0 Å². The third-order valence-corrected chi connectivity index (χ3v) is 15.1. The van der Waals surface area contributed by atoms with Crippen LogP contribution in [-0.2, 0) is 16.2 Å². The molecule has 2 aliphatic carbocycles. The lowest BCUT2D eigenvalue weighted by Gasteiger charge is -2.39. The summed E-state index contributed by atoms with van der Waals surface area (Å²) in [6.07, 6.45) is 0. The Hall–Kier alpha value is -6.42. The molecule has 0 saturated heterocycles. The highest BCUT2D eigenvalue weighted by atomic mass is 32.1. The first-order valence-electron chi connectivity index (χ1n) is 21.7. The number of aromatic nitrogens is 1. The van der Waals surface area contributed by atoms with E-state index >= 15 is 0 Å². The van der Waals surface area contributed by atoms with E-state index in [0.717, 1.165) is 11.4 Å². The minimum absolute atomic E-state index is 0.135. The van der Waals surface area contributed by atoms with Crippen molar-refractivity contribution in [3.8, 4) is 27.9 Å². The highest BCUT2D eigenvalue weighted by Gasteiger charge is 2.50. The van der Waals surface area contributed by atoms with Crippen LogP contribution in [-0.4, -0.2) is 4.57 Å². The predicted molar refractivity (Wildman–Crippen MR) is 262 cm³/mol. The summed E-state index contributed by atoms with van der Waals surface area (Å²) >= 11 is 1.89. The van der Waals surface area contributed by atoms with Crippen LogP contribution in [0.15, 0.2) is 164 Å². The lowest BCUT2D eigenvalue weighted by atomic mass is 9.71. The normalized spacial score (nSPS) is 14.7. The fourth-order valence-electron chi connectivity index (χ4n) is 11.4. The zero-order valence-electron chi connectivity index (χ0n) is 35.9. The molecular formula is C58H48N2S. The number of hydrogen-bond donors (Lipinski definition) is 0. The summed E-state index contributed by atoms with van der Waals surface area (Å²) < 4.78 is 5.07. The topological polar surface area (TPSA) is 8.17 Å². The van der Waals surface area contributed by atoms with Crippen molar-refractivity contribution < 1.29 is 0 Å². The van der Waals surface area contributed by atoms with Crippen molar-refractivity contribution in [2.45, 2.75) is 64.7 Å². The number of benzene rings is 8. The van der Waals surface area contributed by atoms with E-state index in [4.69, 9.17) is 0 Å². The molecule has 10 aromatic rings. The Morgan fingerprint density at radius 2 is 0.984 bits per heavy atom. The van der Waals surface area contributed by atoms with E-state index in [9.17, 15) is 0 Å². The number of rotatable bonds is 4. The number of para-hydroxylation sites is 2. The molecule has 2 aliphatic rings. The first-order chi connectivity index (χ1) is 29.4. The van der Waals surface area contributed by atoms with Gasteiger partial charge in [0, 0.05) is 58.8 Å². The van der Waals surface area contributed by atoms with Crippen molar-refractivity contribution in [2.24, 2.45) is 0 Å². The van der Waals surface area contributed by atoms with E-state index in [-0.39, 0.29) is 16.2 Å². The van der Waals surface area contributed by atoms with Gasteiger partial charge in [-0.05, 0) is 104 Å². The molecule has 0 radical (unpaired) electrons. The highest BCUT2D eigenvalue weighted by Crippen LogP contribution is 2.66. The summed E-state index contributed by atoms with van der Waals surface area (Å²) in [5, 5.41) is 5.14. The van der Waals surface area contributed by atoms with Crippen LogP contribution < -0.4 is 4.90 Å². The lowest BCUT2D eigenvalue weighted by Crippen LogP contribution is -2.27. The van der Waals surface area contributed by atoms with Crippen molar-refractivity contribution in [3.05, 3.63) is 192 Å². The largest absolute Gasteiger partial charge is 0.310 e. The van der Waals surface area contributed by atoms with Gasteiger partial charge in [-0.1, -0.05) is 164 Å². The van der Waals surface area contributed by atoms with Gasteiger partial charge in [0.2, 0.25) is 0 Å². The van der Waals surface area contributed by atoms with Crippen LogP contribution in [0.4, 0.5) is 17.1 Å². The Kier molecular flexibility index (Phi) is 7.50. The maximum Gasteiger partial charge on any atom is 0.0561 e. The van der Waals surface area contributed by atoms with E-state index in [1.165, 1.54) is 103 Å². The SMILES string of the molecule is CC(C)(C)c1c2c(c(N(c3ccc4c(c3)sc3ccccc34)c3ccc4c5ccccc5n(-c5ccccc5)c4c3)c3c1-c1ccccc1C3(C)C)C(C)(C)c1ccccc1-2. The maximum atomic E-state index is 2.67. The van der Waals surface area contributed by atoms with E-state index < -0.39 is 0 Å². The zero-order chi connectivity index (χ0) is 41.6. The van der Waals surface area contributed by atoms with Gasteiger partial charge in [0.15, 0.2) is 0 Å². The van der Waals surface area contributed by atoms with Gasteiger partial charge in [-0.2, -0.15) is 0 Å². The third kappa shape index (κ3) is 4.96. The van der Waals surface area contributed by atoms with Crippen LogP contribution in [0.25, 0.3) is 69.9 Å². The summed E-state index contributed by atoms with van der Waals surface area (Å²) in [5.41, 5.74) is 19.1. The number of hydrogen-bond acceptors (Lipinski definition) is 2. The van der Waals surface area contributed by atoms with Crippen LogP contribution in [0.3, 0.4) is 0 Å². The predicted octanol–water partition coefficient (Wildman–Crippen LogP) is 16.5. The molecule has 2 nitrogen and oxygen atoms in total. The van der Waals surface area contributed by atoms with Gasteiger partial charge in [-0.3, -0.25) is 0 Å². The van der Waals surface area contributed by atoms with Gasteiger partial charge >= 0.3 is 0 Å². The van der Waals surface area contributed by atoms with E-state index in [1.807, 2.05) is 11.3 Å². The second-order valence-corrected chi connectivity index (χ2v) is 20.4. The molecule has 0 atom stereocenters. The smallest absolute Gasteiger partial charge is 0.0561 e. The summed E-state index contributed by atoms with van der Waals surface area (Å²) in [4.78, 5) is 2.67. The van der Waals surface area contributed by atoms with Crippen molar-refractivity contribution >= 4 is 70.4 Å². The third-order valence-electron chi connectivity index (χ3n) is 14.0. The monoisotopic (exact) mass is 804 g/mol. The molecule has 8 aromatic carbocycles. The van der Waals surface area contributed by atoms with E-state index in [0.29, 0.717) is 0 Å². The van der Waals surface area contributed by atoms with Gasteiger partial charge < -0.3 is 9.47 Å². The molecular weight excluding hydrogens is 757 g/mol. The molecule has 3 heteroatoms. The minimum Gasteiger partial charge on any atom is -0.310 e. The highest BCUT2D eigenvalue weighted by molar-refractivity contribution is 7.25. The molecule has 2 aromatic heterocycles. The number of anilines is 3. The minimum atomic E-state index is -0.288. The summed E-state index contributed by atoms with van der Waals surface area (Å²) in [7, 11) is 0. The second kappa shape index (κ2) is 12.6. The molecule has 0 N–H and O–H groups in total. The van der Waals surface area contributed by atoms with Crippen molar-refractivity contribution in [1.29, 1.82) is 0 Å². The maximum absolute atomic E-state index is 2.67. The Morgan fingerprint density at radius 1 is 0.475 bits per heavy atom. The standard InChI is InChI=1S/C58H48N2S/c1-56(2,3)52-50-42-23-11-15-25-44(42)57(4,5)53(50)55(54-51(52)43-24-12-16-26-45(43)58(54,6)7)59(37-30-32-41-40-22-14-18-28-48(40)61-49(41)34-37)36-29-31-39-38-21-13-17-27-46(38)60(47(39)33-36)35-19-9-8-10-20-35/h8-34H,1-7H3. The van der Waals surface area contributed by atoms with Crippen LogP contribution in [0.1, 0.15) is 76.3 Å². The molecule has 0 bridgehead atoms. The van der Waals surface area contributed by atoms with Gasteiger partial charge in [0.05, 0.1) is 16.7 Å². The molecule has 0 fully saturated rings. The average Bonchev–Trinajstić information content (AvgIpc) is 3.94. The fraction of sp³-hybridized carbons (Fsp3) is 0.172. The molecule has 0 unspecified atom stereocenters. The molecule has 0 saturated carbocycles. The second-order valence-electron chi connectivity index (χ2n) is 19.3. The summed E-state index contributed by atoms with van der Waals surface area (Å²) in [6, 6.07) is 61.6. The Morgan fingerprint density at radius 3 is 1.64 bits per heavy atom. The van der Waals surface area contributed by atoms with Crippen LogP contribution >= 0.6 is 11.3 Å². The Bertz CT molecular complexity index is 3380. The van der Waals surface area contributed by atoms with Crippen molar-refractivity contribution in [3.63, 3.8) is 0 Å². The Balaban J connectivity index is 1.27. The lowest BCUT2D eigenvalue weighted by molar-refractivity contribution is 0.587. The van der Waals surface area contributed by atoms with Crippen molar-refractivity contribution in [1.82, 2.24) is 4.57 Å². The molecule has 0 spiro atoms. The first-order valence-corrected chi connectivity index (χ1v) is 22.5. The number of fused-ring (bicyclic) bond motifs is 12. The molecule has 0 aliphatic heterocycles. The molecule has 2 heterocycles. The summed E-state index contributed by atoms with van der Waals surface area (Å²) in [5.74, 6) is 0. The van der Waals surface area contributed by atoms with Crippen LogP contribution in [0, 0.1) is 0 Å². The zero-order valence-corrected chi connectivity index (χ0v) is 36.7. The fourth-order valence-corrected chi connectivity index (χ4v) is 12.6. The van der Waals surface area contributed by atoms with Gasteiger partial charge in [-0.25, -0.2) is 0 Å². The number of thiophene rings is 1. The van der Waals surface area contributed by atoms with Crippen LogP contribution in [0.2, 0.25) is 0 Å². The molecule has 296 valence electrons.